The van der Waals surface area contributed by atoms with Crippen molar-refractivity contribution in [2.45, 2.75) is 43.6 Å². The van der Waals surface area contributed by atoms with E-state index in [1.807, 2.05) is 48.5 Å². The Morgan fingerprint density at radius 1 is 0.895 bits per heavy atom. The van der Waals surface area contributed by atoms with Gasteiger partial charge in [-0.15, -0.1) is 0 Å². The molecule has 2 fully saturated rings. The van der Waals surface area contributed by atoms with E-state index in [0.29, 0.717) is 23.9 Å². The molecule has 3 aromatic carbocycles. The minimum atomic E-state index is -0.470. The summed E-state index contributed by atoms with van der Waals surface area (Å²) in [4.78, 5) is 32.3. The molecule has 2 aliphatic rings. The fourth-order valence-corrected chi connectivity index (χ4v) is 6.09. The third-order valence-electron chi connectivity index (χ3n) is 8.20. The second kappa shape index (κ2) is 12.1. The summed E-state index contributed by atoms with van der Waals surface area (Å²) in [5.74, 6) is 0.530. The van der Waals surface area contributed by atoms with E-state index in [1.165, 1.54) is 10.5 Å². The predicted molar refractivity (Wildman–Crippen MR) is 152 cm³/mol. The first kappa shape index (κ1) is 26.5. The highest BCUT2D eigenvalue weighted by Gasteiger charge is 2.43. The molecule has 5 nitrogen and oxygen atoms in total. The van der Waals surface area contributed by atoms with Gasteiger partial charge in [-0.3, -0.25) is 9.69 Å². The van der Waals surface area contributed by atoms with Gasteiger partial charge in [-0.25, -0.2) is 4.79 Å². The van der Waals surface area contributed by atoms with E-state index in [0.717, 1.165) is 50.0 Å². The van der Waals surface area contributed by atoms with Gasteiger partial charge in [0, 0.05) is 31.0 Å². The average Bonchev–Trinajstić information content (AvgIpc) is 3.15. The SMILES string of the molecule is CN1C(=O)N(CC(CCN2CCC(c3ccccc3)CC2)c2cccc(Cl)c2)C(=O)[C@H]1Cc1ccccc1. The minimum absolute atomic E-state index is 0.0253. The number of hydrogen-bond donors (Lipinski definition) is 0. The Bertz CT molecular complexity index is 1230. The van der Waals surface area contributed by atoms with Crippen LogP contribution in [0, 0.1) is 0 Å². The van der Waals surface area contributed by atoms with Gasteiger partial charge in [0.2, 0.25) is 0 Å². The smallest absolute Gasteiger partial charge is 0.315 e. The Kier molecular flexibility index (Phi) is 8.45. The molecule has 3 aromatic rings. The number of imide groups is 1. The Balaban J connectivity index is 1.25. The van der Waals surface area contributed by atoms with E-state index in [1.54, 1.807) is 11.9 Å². The molecule has 2 aliphatic heterocycles. The van der Waals surface area contributed by atoms with Gasteiger partial charge in [0.15, 0.2) is 0 Å². The van der Waals surface area contributed by atoms with Crippen molar-refractivity contribution in [2.24, 2.45) is 0 Å². The summed E-state index contributed by atoms with van der Waals surface area (Å²) in [7, 11) is 1.74. The number of rotatable bonds is 9. The molecule has 3 amide bonds. The number of likely N-dealkylation sites (N-methyl/N-ethyl adjacent to an activating group) is 1. The minimum Gasteiger partial charge on any atom is -0.315 e. The Morgan fingerprint density at radius 3 is 2.26 bits per heavy atom. The van der Waals surface area contributed by atoms with E-state index < -0.39 is 6.04 Å². The molecular formula is C32H36ClN3O2. The molecule has 6 heteroatoms. The summed E-state index contributed by atoms with van der Waals surface area (Å²) in [6.07, 6.45) is 3.69. The monoisotopic (exact) mass is 529 g/mol. The van der Waals surface area contributed by atoms with Crippen LogP contribution < -0.4 is 0 Å². The van der Waals surface area contributed by atoms with Crippen molar-refractivity contribution < 1.29 is 9.59 Å². The molecule has 0 radical (unpaired) electrons. The average molecular weight is 530 g/mol. The zero-order chi connectivity index (χ0) is 26.5. The molecule has 0 aliphatic carbocycles. The van der Waals surface area contributed by atoms with Crippen LogP contribution in [0.2, 0.25) is 5.02 Å². The summed E-state index contributed by atoms with van der Waals surface area (Å²) >= 11 is 6.36. The summed E-state index contributed by atoms with van der Waals surface area (Å²) in [6, 6.07) is 27.9. The van der Waals surface area contributed by atoms with Crippen LogP contribution in [0.1, 0.15) is 47.8 Å². The van der Waals surface area contributed by atoms with Crippen molar-refractivity contribution in [3.05, 3.63) is 107 Å². The second-order valence-corrected chi connectivity index (χ2v) is 11.1. The number of benzene rings is 3. The summed E-state index contributed by atoms with van der Waals surface area (Å²) in [6.45, 7) is 3.42. The number of amides is 3. The Morgan fingerprint density at radius 2 is 1.58 bits per heavy atom. The maximum atomic E-state index is 13.5. The molecule has 0 spiro atoms. The number of likely N-dealkylation sites (tertiary alicyclic amines) is 1. The molecule has 1 unspecified atom stereocenters. The van der Waals surface area contributed by atoms with Crippen LogP contribution in [0.5, 0.6) is 0 Å². The molecule has 0 aromatic heterocycles. The standard InChI is InChI=1S/C32H36ClN3O2/c1-34-30(21-24-9-4-2-5-10-24)31(37)36(32(34)38)23-28(27-13-8-14-29(33)22-27)17-20-35-18-15-26(16-19-35)25-11-6-3-7-12-25/h2-14,22,26,28,30H,15-21,23H2,1H3/t28?,30-/m1/s1. The van der Waals surface area contributed by atoms with Crippen LogP contribution in [0.15, 0.2) is 84.9 Å². The van der Waals surface area contributed by atoms with Gasteiger partial charge in [-0.2, -0.15) is 0 Å². The first-order valence-corrected chi connectivity index (χ1v) is 14.0. The van der Waals surface area contributed by atoms with Crippen LogP contribution >= 0.6 is 11.6 Å². The van der Waals surface area contributed by atoms with Gasteiger partial charge in [0.05, 0.1) is 0 Å². The maximum absolute atomic E-state index is 13.5. The molecule has 5 rings (SSSR count). The van der Waals surface area contributed by atoms with Crippen LogP contribution in [0.3, 0.4) is 0 Å². The third-order valence-corrected chi connectivity index (χ3v) is 8.43. The number of carbonyl (C=O) groups is 2. The Hall–Kier alpha value is -3.15. The van der Waals surface area contributed by atoms with E-state index in [9.17, 15) is 9.59 Å². The molecule has 0 saturated carbocycles. The first-order valence-electron chi connectivity index (χ1n) is 13.6. The number of carbonyl (C=O) groups excluding carboxylic acids is 2. The number of nitrogens with zero attached hydrogens (tertiary/aromatic N) is 3. The fourth-order valence-electron chi connectivity index (χ4n) is 5.89. The van der Waals surface area contributed by atoms with Crippen molar-refractivity contribution in [2.75, 3.05) is 33.2 Å². The predicted octanol–water partition coefficient (Wildman–Crippen LogP) is 6.20. The van der Waals surface area contributed by atoms with Crippen LogP contribution in [-0.4, -0.2) is 65.9 Å². The number of piperidine rings is 1. The first-order chi connectivity index (χ1) is 18.5. The van der Waals surface area contributed by atoms with Crippen molar-refractivity contribution in [1.82, 2.24) is 14.7 Å². The maximum Gasteiger partial charge on any atom is 0.327 e. The van der Waals surface area contributed by atoms with Crippen LogP contribution in [0.25, 0.3) is 0 Å². The van der Waals surface area contributed by atoms with E-state index >= 15 is 0 Å². The van der Waals surface area contributed by atoms with Gasteiger partial charge in [0.1, 0.15) is 6.04 Å². The van der Waals surface area contributed by atoms with Gasteiger partial charge in [-0.05, 0) is 73.6 Å². The van der Waals surface area contributed by atoms with E-state index in [-0.39, 0.29) is 17.9 Å². The fraction of sp³-hybridized carbons (Fsp3) is 0.375. The quantitative estimate of drug-likeness (QED) is 0.310. The summed E-state index contributed by atoms with van der Waals surface area (Å²) < 4.78 is 0. The van der Waals surface area contributed by atoms with Gasteiger partial charge in [-0.1, -0.05) is 84.4 Å². The highest BCUT2D eigenvalue weighted by molar-refractivity contribution is 6.30. The number of hydrogen-bond acceptors (Lipinski definition) is 3. The highest BCUT2D eigenvalue weighted by Crippen LogP contribution is 2.31. The summed E-state index contributed by atoms with van der Waals surface area (Å²) in [5, 5.41) is 0.675. The third kappa shape index (κ3) is 6.11. The van der Waals surface area contributed by atoms with E-state index in [4.69, 9.17) is 11.6 Å². The largest absolute Gasteiger partial charge is 0.327 e. The number of urea groups is 1. The summed E-state index contributed by atoms with van der Waals surface area (Å²) in [5.41, 5.74) is 3.56. The molecular weight excluding hydrogens is 494 g/mol. The van der Waals surface area contributed by atoms with E-state index in [2.05, 4.69) is 41.3 Å². The molecule has 2 atom stereocenters. The second-order valence-electron chi connectivity index (χ2n) is 10.6. The van der Waals surface area contributed by atoms with Crippen LogP contribution in [-0.2, 0) is 11.2 Å². The lowest BCUT2D eigenvalue weighted by Gasteiger charge is -2.33. The lowest BCUT2D eigenvalue weighted by molar-refractivity contribution is -0.128. The van der Waals surface area contributed by atoms with Crippen molar-refractivity contribution in [3.63, 3.8) is 0 Å². The zero-order valence-electron chi connectivity index (χ0n) is 22.0. The van der Waals surface area contributed by atoms with Crippen molar-refractivity contribution in [3.8, 4) is 0 Å². The molecule has 0 bridgehead atoms. The molecule has 2 heterocycles. The normalized spacial score (nSPS) is 19.8. The Labute approximate surface area is 231 Å². The molecule has 0 N–H and O–H groups in total. The van der Waals surface area contributed by atoms with Crippen molar-refractivity contribution >= 4 is 23.5 Å². The lowest BCUT2D eigenvalue weighted by Crippen LogP contribution is -2.38. The topological polar surface area (TPSA) is 43.9 Å². The van der Waals surface area contributed by atoms with Gasteiger partial charge in [0.25, 0.3) is 5.91 Å². The van der Waals surface area contributed by atoms with Crippen molar-refractivity contribution in [1.29, 1.82) is 0 Å². The molecule has 38 heavy (non-hydrogen) atoms. The molecule has 198 valence electrons. The lowest BCUT2D eigenvalue weighted by atomic mass is 9.89. The highest BCUT2D eigenvalue weighted by atomic mass is 35.5. The molecule has 2 saturated heterocycles. The van der Waals surface area contributed by atoms with Gasteiger partial charge < -0.3 is 9.80 Å². The zero-order valence-corrected chi connectivity index (χ0v) is 22.8. The van der Waals surface area contributed by atoms with Gasteiger partial charge >= 0.3 is 6.03 Å². The van der Waals surface area contributed by atoms with Crippen LogP contribution in [0.4, 0.5) is 4.79 Å². The number of halogens is 1.